The van der Waals surface area contributed by atoms with E-state index >= 15 is 0 Å². The first-order valence-electron chi connectivity index (χ1n) is 11.7. The van der Waals surface area contributed by atoms with E-state index in [0.29, 0.717) is 17.4 Å². The second-order valence-corrected chi connectivity index (χ2v) is 9.93. The van der Waals surface area contributed by atoms with E-state index in [9.17, 15) is 4.79 Å². The fraction of sp³-hybridized carbons (Fsp3) is 0.519. The lowest BCUT2D eigenvalue weighted by Crippen LogP contribution is -2.47. The van der Waals surface area contributed by atoms with Crippen molar-refractivity contribution in [2.45, 2.75) is 39.7 Å². The predicted molar refractivity (Wildman–Crippen MR) is 131 cm³/mol. The number of carbonyl (C=O) groups is 1. The summed E-state index contributed by atoms with van der Waals surface area (Å²) in [6, 6.07) is 7.41. The fourth-order valence-corrected chi connectivity index (χ4v) is 5.32. The summed E-state index contributed by atoms with van der Waals surface area (Å²) in [7, 11) is 0. The third-order valence-electron chi connectivity index (χ3n) is 7.60. The Labute approximate surface area is 193 Å². The van der Waals surface area contributed by atoms with Gasteiger partial charge in [0.1, 0.15) is 0 Å². The maximum absolute atomic E-state index is 11.5. The van der Waals surface area contributed by atoms with Crippen molar-refractivity contribution < 1.29 is 10.0 Å². The van der Waals surface area contributed by atoms with E-state index in [1.807, 2.05) is 12.1 Å². The van der Waals surface area contributed by atoms with Crippen LogP contribution in [0.15, 0.2) is 61.2 Å². The van der Waals surface area contributed by atoms with E-state index in [0.717, 1.165) is 52.1 Å². The normalized spacial score (nSPS) is 27.0. The van der Waals surface area contributed by atoms with Crippen molar-refractivity contribution in [3.63, 3.8) is 0 Å². The van der Waals surface area contributed by atoms with Gasteiger partial charge < -0.3 is 0 Å². The molecule has 32 heavy (non-hydrogen) atoms. The summed E-state index contributed by atoms with van der Waals surface area (Å²) in [6.45, 7) is 23.4. The summed E-state index contributed by atoms with van der Waals surface area (Å²) in [5, 5.41) is 8.73. The lowest BCUT2D eigenvalue weighted by molar-refractivity contribution is 0.0706. The zero-order chi connectivity index (χ0) is 23.3. The van der Waals surface area contributed by atoms with Gasteiger partial charge in [-0.25, -0.2) is 5.48 Å². The van der Waals surface area contributed by atoms with E-state index in [4.69, 9.17) is 5.21 Å². The molecule has 5 heteroatoms. The molecule has 2 aliphatic rings. The zero-order valence-electron chi connectivity index (χ0n) is 19.8. The number of hydrogen-bond donors (Lipinski definition) is 2. The van der Waals surface area contributed by atoms with Crippen molar-refractivity contribution in [2.75, 3.05) is 32.7 Å². The molecule has 1 heterocycles. The largest absolute Gasteiger partial charge is 0.297 e. The first-order chi connectivity index (χ1) is 15.3. The molecule has 2 N–H and O–H groups in total. The fourth-order valence-electron chi connectivity index (χ4n) is 5.32. The van der Waals surface area contributed by atoms with Gasteiger partial charge in [0.25, 0.3) is 5.91 Å². The Kier molecular flexibility index (Phi) is 8.10. The SMILES string of the molecule is C=C[C@]1(C)CC[C@@H](C(=C)CN2CCN(Cc3ccc(C(=O)NO)cc3)CC2)C[C@H]1C(=C)C. The molecule has 0 aromatic heterocycles. The van der Waals surface area contributed by atoms with Crippen LogP contribution in [0, 0.1) is 17.3 Å². The molecule has 1 aromatic rings. The summed E-state index contributed by atoms with van der Waals surface area (Å²) in [5.41, 5.74) is 6.11. The van der Waals surface area contributed by atoms with Crippen molar-refractivity contribution in [3.8, 4) is 0 Å². The number of nitrogens with zero attached hydrogens (tertiary/aromatic N) is 2. The first kappa shape index (κ1) is 24.4. The third kappa shape index (κ3) is 5.77. The summed E-state index contributed by atoms with van der Waals surface area (Å²) in [5.74, 6) is 0.576. The van der Waals surface area contributed by atoms with Crippen LogP contribution in [0.4, 0.5) is 0 Å². The molecule has 0 bridgehead atoms. The van der Waals surface area contributed by atoms with Gasteiger partial charge in [-0.1, -0.05) is 49.4 Å². The van der Waals surface area contributed by atoms with Crippen molar-refractivity contribution in [1.29, 1.82) is 0 Å². The van der Waals surface area contributed by atoms with Crippen molar-refractivity contribution in [2.24, 2.45) is 17.3 Å². The molecule has 174 valence electrons. The summed E-state index contributed by atoms with van der Waals surface area (Å²) < 4.78 is 0. The van der Waals surface area contributed by atoms with Gasteiger partial charge in [0.05, 0.1) is 0 Å². The van der Waals surface area contributed by atoms with Gasteiger partial charge in [0.15, 0.2) is 0 Å². The number of allylic oxidation sites excluding steroid dienone is 2. The zero-order valence-corrected chi connectivity index (χ0v) is 19.8. The molecule has 0 spiro atoms. The number of benzene rings is 1. The summed E-state index contributed by atoms with van der Waals surface area (Å²) in [4.78, 5) is 16.4. The van der Waals surface area contributed by atoms with Gasteiger partial charge in [0.2, 0.25) is 0 Å². The molecule has 2 fully saturated rings. The lowest BCUT2D eigenvalue weighted by Gasteiger charge is -2.44. The number of nitrogens with one attached hydrogen (secondary N) is 1. The van der Waals surface area contributed by atoms with Crippen LogP contribution < -0.4 is 5.48 Å². The summed E-state index contributed by atoms with van der Waals surface area (Å²) >= 11 is 0. The monoisotopic (exact) mass is 437 g/mol. The van der Waals surface area contributed by atoms with Gasteiger partial charge in [-0.3, -0.25) is 19.8 Å². The predicted octanol–water partition coefficient (Wildman–Crippen LogP) is 4.66. The number of hydrogen-bond acceptors (Lipinski definition) is 4. The van der Waals surface area contributed by atoms with Crippen molar-refractivity contribution in [3.05, 3.63) is 72.4 Å². The smallest absolute Gasteiger partial charge is 0.274 e. The molecular formula is C27H39N3O2. The van der Waals surface area contributed by atoms with Crippen molar-refractivity contribution in [1.82, 2.24) is 15.3 Å². The molecule has 1 saturated heterocycles. The first-order valence-corrected chi connectivity index (χ1v) is 11.7. The van der Waals surface area contributed by atoms with E-state index < -0.39 is 5.91 Å². The van der Waals surface area contributed by atoms with Gasteiger partial charge >= 0.3 is 0 Å². The average molecular weight is 438 g/mol. The van der Waals surface area contributed by atoms with Crippen LogP contribution in [0.2, 0.25) is 0 Å². The van der Waals surface area contributed by atoms with E-state index in [-0.39, 0.29) is 5.41 Å². The molecule has 1 amide bonds. The number of piperazine rings is 1. The molecule has 1 saturated carbocycles. The summed E-state index contributed by atoms with van der Waals surface area (Å²) in [6.07, 6.45) is 5.63. The molecule has 0 unspecified atom stereocenters. The molecular weight excluding hydrogens is 398 g/mol. The van der Waals surface area contributed by atoms with E-state index in [2.05, 4.69) is 49.5 Å². The number of amides is 1. The maximum Gasteiger partial charge on any atom is 0.274 e. The van der Waals surface area contributed by atoms with E-state index in [1.165, 1.54) is 23.1 Å². The van der Waals surface area contributed by atoms with Gasteiger partial charge in [-0.2, -0.15) is 0 Å². The van der Waals surface area contributed by atoms with Gasteiger partial charge in [-0.05, 0) is 61.1 Å². The molecule has 0 radical (unpaired) electrons. The highest BCUT2D eigenvalue weighted by Gasteiger charge is 2.39. The molecule has 3 atom stereocenters. The van der Waals surface area contributed by atoms with Crippen LogP contribution in [-0.4, -0.2) is 53.6 Å². The standard InChI is InChI=1S/C27H39N3O2/c1-6-27(5)12-11-24(17-25(27)20(2)3)21(4)18-29-13-15-30(16-14-29)19-22-7-9-23(10-8-22)26(31)28-32/h6-10,24-25,32H,1-2,4,11-19H2,3,5H3,(H,28,31)/t24-,25+,27-/m1/s1. The Morgan fingerprint density at radius 2 is 1.81 bits per heavy atom. The Balaban J connectivity index is 1.46. The minimum Gasteiger partial charge on any atom is -0.297 e. The van der Waals surface area contributed by atoms with Crippen LogP contribution in [0.25, 0.3) is 0 Å². The number of hydroxylamine groups is 1. The van der Waals surface area contributed by atoms with Crippen LogP contribution in [0.3, 0.4) is 0 Å². The average Bonchev–Trinajstić information content (AvgIpc) is 2.80. The lowest BCUT2D eigenvalue weighted by atomic mass is 9.61. The van der Waals surface area contributed by atoms with Crippen LogP contribution in [0.1, 0.15) is 49.0 Å². The van der Waals surface area contributed by atoms with Crippen LogP contribution >= 0.6 is 0 Å². The van der Waals surface area contributed by atoms with Crippen LogP contribution in [0.5, 0.6) is 0 Å². The van der Waals surface area contributed by atoms with Gasteiger partial charge in [-0.15, -0.1) is 6.58 Å². The highest BCUT2D eigenvalue weighted by molar-refractivity contribution is 5.93. The maximum atomic E-state index is 11.5. The Hall–Kier alpha value is -2.21. The molecule has 1 aliphatic carbocycles. The van der Waals surface area contributed by atoms with Crippen molar-refractivity contribution >= 4 is 5.91 Å². The third-order valence-corrected chi connectivity index (χ3v) is 7.60. The second kappa shape index (κ2) is 10.6. The molecule has 1 aliphatic heterocycles. The topological polar surface area (TPSA) is 55.8 Å². The van der Waals surface area contributed by atoms with Crippen LogP contribution in [-0.2, 0) is 6.54 Å². The highest BCUT2D eigenvalue weighted by atomic mass is 16.5. The van der Waals surface area contributed by atoms with Gasteiger partial charge in [0, 0.05) is 44.8 Å². The van der Waals surface area contributed by atoms with E-state index in [1.54, 1.807) is 17.6 Å². The number of carbonyl (C=O) groups excluding carboxylic acids is 1. The highest BCUT2D eigenvalue weighted by Crippen LogP contribution is 2.48. The Bertz CT molecular complexity index is 839. The number of rotatable bonds is 8. The minimum absolute atomic E-state index is 0.161. The molecule has 3 rings (SSSR count). The Morgan fingerprint density at radius 3 is 2.38 bits per heavy atom. The molecule has 1 aromatic carbocycles. The minimum atomic E-state index is -0.480. The second-order valence-electron chi connectivity index (χ2n) is 9.93. The Morgan fingerprint density at radius 1 is 1.19 bits per heavy atom. The quantitative estimate of drug-likeness (QED) is 0.353. The molecule has 5 nitrogen and oxygen atoms in total.